The van der Waals surface area contributed by atoms with Crippen LogP contribution in [0.4, 0.5) is 0 Å². The van der Waals surface area contributed by atoms with Crippen LogP contribution in [0.1, 0.15) is 52.5 Å². The summed E-state index contributed by atoms with van der Waals surface area (Å²) in [6.07, 6.45) is 3.00. The molecule has 1 atom stereocenters. The van der Waals surface area contributed by atoms with Crippen molar-refractivity contribution in [2.45, 2.75) is 64.4 Å². The summed E-state index contributed by atoms with van der Waals surface area (Å²) in [7, 11) is -3.37. The molecule has 1 heterocycles. The van der Waals surface area contributed by atoms with Gasteiger partial charge in [0.25, 0.3) is 0 Å². The van der Waals surface area contributed by atoms with Crippen LogP contribution in [0.15, 0.2) is 34.2 Å². The third kappa shape index (κ3) is 6.21. The number of benzene rings is 1. The highest BCUT2D eigenvalue weighted by atomic mass is 32.2. The van der Waals surface area contributed by atoms with Crippen molar-refractivity contribution >= 4 is 16.0 Å². The van der Waals surface area contributed by atoms with Crippen molar-refractivity contribution in [2.75, 3.05) is 19.6 Å². The average molecular weight is 395 g/mol. The van der Waals surface area contributed by atoms with Gasteiger partial charge in [0.15, 0.2) is 5.96 Å². The molecule has 1 aromatic carbocycles. The number of sulfonamides is 1. The molecule has 6 nitrogen and oxygen atoms in total. The largest absolute Gasteiger partial charge is 0.357 e. The van der Waals surface area contributed by atoms with Crippen LogP contribution in [0.25, 0.3) is 0 Å². The molecule has 1 aromatic rings. The zero-order valence-corrected chi connectivity index (χ0v) is 17.8. The van der Waals surface area contributed by atoms with Gasteiger partial charge in [0.1, 0.15) is 0 Å². The highest BCUT2D eigenvalue weighted by molar-refractivity contribution is 7.89. The van der Waals surface area contributed by atoms with Gasteiger partial charge in [0, 0.05) is 25.7 Å². The van der Waals surface area contributed by atoms with Gasteiger partial charge in [-0.2, -0.15) is 4.31 Å². The number of hydrogen-bond acceptors (Lipinski definition) is 3. The van der Waals surface area contributed by atoms with E-state index in [0.717, 1.165) is 37.3 Å². The number of piperidine rings is 1. The lowest BCUT2D eigenvalue weighted by Gasteiger charge is -2.25. The van der Waals surface area contributed by atoms with E-state index in [9.17, 15) is 8.42 Å². The van der Waals surface area contributed by atoms with Crippen molar-refractivity contribution in [3.8, 4) is 0 Å². The Labute approximate surface area is 164 Å². The summed E-state index contributed by atoms with van der Waals surface area (Å²) < 4.78 is 27.0. The minimum atomic E-state index is -3.37. The van der Waals surface area contributed by atoms with Gasteiger partial charge in [-0.25, -0.2) is 13.4 Å². The molecule has 0 aliphatic carbocycles. The third-order valence-corrected chi connectivity index (χ3v) is 6.92. The van der Waals surface area contributed by atoms with Gasteiger partial charge in [0.2, 0.25) is 10.0 Å². The van der Waals surface area contributed by atoms with Crippen LogP contribution in [0, 0.1) is 5.92 Å². The molecule has 0 spiro atoms. The van der Waals surface area contributed by atoms with E-state index in [0.29, 0.717) is 36.5 Å². The fourth-order valence-corrected chi connectivity index (χ4v) is 4.41. The second kappa shape index (κ2) is 10.1. The number of aliphatic imine (C=N–C) groups is 1. The molecule has 1 unspecified atom stereocenters. The number of nitrogens with zero attached hydrogens (tertiary/aromatic N) is 2. The van der Waals surface area contributed by atoms with Crippen LogP contribution in [0.2, 0.25) is 0 Å². The summed E-state index contributed by atoms with van der Waals surface area (Å²) in [5, 5.41) is 6.66. The zero-order chi connectivity index (χ0) is 19.9. The summed E-state index contributed by atoms with van der Waals surface area (Å²) in [4.78, 5) is 4.99. The quantitative estimate of drug-likeness (QED) is 0.551. The fraction of sp³-hybridized carbons (Fsp3) is 0.650. The predicted octanol–water partition coefficient (Wildman–Crippen LogP) is 2.96. The molecule has 0 radical (unpaired) electrons. The molecular formula is C20H34N4O2S. The first-order valence-electron chi connectivity index (χ1n) is 9.98. The van der Waals surface area contributed by atoms with E-state index < -0.39 is 10.0 Å². The average Bonchev–Trinajstić information content (AvgIpc) is 2.67. The van der Waals surface area contributed by atoms with E-state index >= 15 is 0 Å². The first-order valence-corrected chi connectivity index (χ1v) is 11.4. The van der Waals surface area contributed by atoms with Crippen molar-refractivity contribution in [1.82, 2.24) is 14.9 Å². The minimum absolute atomic E-state index is 0.319. The molecule has 2 rings (SSSR count). The van der Waals surface area contributed by atoms with Gasteiger partial charge in [-0.1, -0.05) is 32.4 Å². The third-order valence-electron chi connectivity index (χ3n) is 5.00. The van der Waals surface area contributed by atoms with Gasteiger partial charge >= 0.3 is 0 Å². The van der Waals surface area contributed by atoms with Crippen molar-refractivity contribution in [1.29, 1.82) is 0 Å². The maximum atomic E-state index is 12.7. The molecule has 0 amide bonds. The lowest BCUT2D eigenvalue weighted by atomic mass is 10.1. The Morgan fingerprint density at radius 3 is 2.30 bits per heavy atom. The summed E-state index contributed by atoms with van der Waals surface area (Å²) >= 11 is 0. The van der Waals surface area contributed by atoms with Crippen molar-refractivity contribution in [3.05, 3.63) is 29.8 Å². The Kier molecular flexibility index (Phi) is 8.10. The molecule has 27 heavy (non-hydrogen) atoms. The lowest BCUT2D eigenvalue weighted by molar-refractivity contribution is 0.346. The Balaban J connectivity index is 2.05. The Morgan fingerprint density at radius 2 is 1.74 bits per heavy atom. The standard InChI is InChI=1S/C20H34N4O2S/c1-5-21-20(23-17(4)16(2)3)22-15-18-9-11-19(12-10-18)27(25,26)24-13-7-6-8-14-24/h9-12,16-17H,5-8,13-15H2,1-4H3,(H2,21,22,23). The SMILES string of the molecule is CCNC(=NCc1ccc(S(=O)(=O)N2CCCCC2)cc1)NC(C)C(C)C. The first-order chi connectivity index (χ1) is 12.8. The van der Waals surface area contributed by atoms with Crippen molar-refractivity contribution in [3.63, 3.8) is 0 Å². The molecule has 1 fully saturated rings. The second-order valence-corrected chi connectivity index (χ2v) is 9.42. The Morgan fingerprint density at radius 1 is 1.11 bits per heavy atom. The number of nitrogens with one attached hydrogen (secondary N) is 2. The van der Waals surface area contributed by atoms with Crippen LogP contribution in [0.3, 0.4) is 0 Å². The van der Waals surface area contributed by atoms with Crippen LogP contribution < -0.4 is 10.6 Å². The van der Waals surface area contributed by atoms with E-state index in [2.05, 4.69) is 36.4 Å². The molecule has 0 bridgehead atoms. The zero-order valence-electron chi connectivity index (χ0n) is 17.0. The molecular weight excluding hydrogens is 360 g/mol. The highest BCUT2D eigenvalue weighted by Gasteiger charge is 2.25. The lowest BCUT2D eigenvalue weighted by Crippen LogP contribution is -2.44. The molecule has 1 aliphatic heterocycles. The molecule has 1 aliphatic rings. The monoisotopic (exact) mass is 394 g/mol. The van der Waals surface area contributed by atoms with Crippen molar-refractivity contribution < 1.29 is 8.42 Å². The molecule has 0 aromatic heterocycles. The topological polar surface area (TPSA) is 73.8 Å². The molecule has 0 saturated carbocycles. The van der Waals surface area contributed by atoms with Gasteiger partial charge in [-0.3, -0.25) is 0 Å². The highest BCUT2D eigenvalue weighted by Crippen LogP contribution is 2.21. The maximum Gasteiger partial charge on any atom is 0.243 e. The fourth-order valence-electron chi connectivity index (χ4n) is 2.89. The summed E-state index contributed by atoms with van der Waals surface area (Å²) in [5.74, 6) is 1.29. The van der Waals surface area contributed by atoms with E-state index in [1.54, 1.807) is 16.4 Å². The van der Waals surface area contributed by atoms with Crippen LogP contribution in [-0.2, 0) is 16.6 Å². The molecule has 7 heteroatoms. The van der Waals surface area contributed by atoms with E-state index in [-0.39, 0.29) is 0 Å². The molecule has 1 saturated heterocycles. The summed E-state index contributed by atoms with van der Waals surface area (Å²) in [6, 6.07) is 7.43. The summed E-state index contributed by atoms with van der Waals surface area (Å²) in [6.45, 7) is 11.1. The van der Waals surface area contributed by atoms with Crippen LogP contribution in [0.5, 0.6) is 0 Å². The molecule has 152 valence electrons. The number of guanidine groups is 1. The Bertz CT molecular complexity index is 708. The van der Waals surface area contributed by atoms with Gasteiger partial charge < -0.3 is 10.6 Å². The van der Waals surface area contributed by atoms with Crippen LogP contribution >= 0.6 is 0 Å². The van der Waals surface area contributed by atoms with Gasteiger partial charge in [-0.15, -0.1) is 0 Å². The molecule has 2 N–H and O–H groups in total. The van der Waals surface area contributed by atoms with Crippen LogP contribution in [-0.4, -0.2) is 44.4 Å². The van der Waals surface area contributed by atoms with Gasteiger partial charge in [-0.05, 0) is 50.3 Å². The smallest absolute Gasteiger partial charge is 0.243 e. The Hall–Kier alpha value is -1.60. The maximum absolute atomic E-state index is 12.7. The van der Waals surface area contributed by atoms with E-state index in [4.69, 9.17) is 0 Å². The number of hydrogen-bond donors (Lipinski definition) is 2. The first kappa shape index (κ1) is 21.7. The second-order valence-electron chi connectivity index (χ2n) is 7.48. The van der Waals surface area contributed by atoms with E-state index in [1.807, 2.05) is 19.1 Å². The number of rotatable bonds is 7. The van der Waals surface area contributed by atoms with Gasteiger partial charge in [0.05, 0.1) is 11.4 Å². The van der Waals surface area contributed by atoms with E-state index in [1.165, 1.54) is 0 Å². The predicted molar refractivity (Wildman–Crippen MR) is 111 cm³/mol. The summed E-state index contributed by atoms with van der Waals surface area (Å²) in [5.41, 5.74) is 0.988. The van der Waals surface area contributed by atoms with Crippen molar-refractivity contribution in [2.24, 2.45) is 10.9 Å². The normalized spacial score (nSPS) is 17.7. The minimum Gasteiger partial charge on any atom is -0.357 e.